The van der Waals surface area contributed by atoms with Crippen molar-refractivity contribution < 1.29 is 0 Å². The van der Waals surface area contributed by atoms with Gasteiger partial charge in [-0.15, -0.1) is 0 Å². The Balaban J connectivity index is 2.19. The molecule has 0 aromatic heterocycles. The van der Waals surface area contributed by atoms with E-state index in [0.29, 0.717) is 11.3 Å². The van der Waals surface area contributed by atoms with Crippen molar-refractivity contribution in [2.45, 2.75) is 50.7 Å². The molecule has 2 heteroatoms. The molecule has 1 aromatic rings. The Kier molecular flexibility index (Phi) is 7.38. The van der Waals surface area contributed by atoms with E-state index in [2.05, 4.69) is 56.4 Å². The molecule has 0 spiro atoms. The Morgan fingerprint density at radius 3 is 2.35 bits per heavy atom. The largest absolute Gasteiger partial charge is 0.313 e. The first-order chi connectivity index (χ1) is 8.26. The van der Waals surface area contributed by atoms with Gasteiger partial charge in [0, 0.05) is 23.6 Å². The lowest BCUT2D eigenvalue weighted by atomic mass is 10.2. The second-order valence-electron chi connectivity index (χ2n) is 4.53. The third kappa shape index (κ3) is 6.13. The van der Waals surface area contributed by atoms with Gasteiger partial charge in [-0.05, 0) is 18.4 Å². The minimum Gasteiger partial charge on any atom is -0.313 e. The van der Waals surface area contributed by atoms with E-state index in [1.165, 1.54) is 18.4 Å². The summed E-state index contributed by atoms with van der Waals surface area (Å²) in [6.07, 6.45) is 2.46. The lowest BCUT2D eigenvalue weighted by molar-refractivity contribution is 0.488. The Bertz CT molecular complexity index is 282. The summed E-state index contributed by atoms with van der Waals surface area (Å²) < 4.78 is 0. The SMILES string of the molecule is CCC(CC)NCC(C)SCc1ccccc1. The summed E-state index contributed by atoms with van der Waals surface area (Å²) in [6, 6.07) is 11.4. The average molecular weight is 251 g/mol. The molecule has 0 aliphatic heterocycles. The number of hydrogen-bond donors (Lipinski definition) is 1. The van der Waals surface area contributed by atoms with Crippen molar-refractivity contribution in [1.29, 1.82) is 0 Å². The highest BCUT2D eigenvalue weighted by molar-refractivity contribution is 7.99. The van der Waals surface area contributed by atoms with Gasteiger partial charge in [-0.2, -0.15) is 11.8 Å². The molecule has 17 heavy (non-hydrogen) atoms. The fourth-order valence-corrected chi connectivity index (χ4v) is 2.67. The Hall–Kier alpha value is -0.470. The van der Waals surface area contributed by atoms with Crippen molar-refractivity contribution in [3.05, 3.63) is 35.9 Å². The molecule has 1 rings (SSSR count). The van der Waals surface area contributed by atoms with Crippen LogP contribution >= 0.6 is 11.8 Å². The topological polar surface area (TPSA) is 12.0 Å². The van der Waals surface area contributed by atoms with Crippen LogP contribution in [-0.2, 0) is 5.75 Å². The third-order valence-corrected chi connectivity index (χ3v) is 4.29. The molecule has 0 saturated heterocycles. The zero-order chi connectivity index (χ0) is 12.5. The van der Waals surface area contributed by atoms with Crippen LogP contribution in [0.25, 0.3) is 0 Å². The van der Waals surface area contributed by atoms with Crippen molar-refractivity contribution in [3.8, 4) is 0 Å². The quantitative estimate of drug-likeness (QED) is 0.747. The molecule has 0 heterocycles. The van der Waals surface area contributed by atoms with Crippen LogP contribution < -0.4 is 5.32 Å². The van der Waals surface area contributed by atoms with Gasteiger partial charge in [0.15, 0.2) is 0 Å². The van der Waals surface area contributed by atoms with E-state index in [9.17, 15) is 0 Å². The Labute approximate surface area is 110 Å². The molecule has 0 bridgehead atoms. The number of nitrogens with one attached hydrogen (secondary N) is 1. The van der Waals surface area contributed by atoms with E-state index in [1.807, 2.05) is 11.8 Å². The lowest BCUT2D eigenvalue weighted by Gasteiger charge is -2.18. The fourth-order valence-electron chi connectivity index (χ4n) is 1.78. The van der Waals surface area contributed by atoms with Crippen LogP contribution in [0, 0.1) is 0 Å². The van der Waals surface area contributed by atoms with Gasteiger partial charge in [0.25, 0.3) is 0 Å². The second kappa shape index (κ2) is 8.60. The van der Waals surface area contributed by atoms with Gasteiger partial charge in [0.05, 0.1) is 0 Å². The van der Waals surface area contributed by atoms with E-state index in [0.717, 1.165) is 12.3 Å². The van der Waals surface area contributed by atoms with Crippen LogP contribution in [0.1, 0.15) is 39.2 Å². The monoisotopic (exact) mass is 251 g/mol. The summed E-state index contributed by atoms with van der Waals surface area (Å²) in [6.45, 7) is 7.93. The molecule has 0 radical (unpaired) electrons. The van der Waals surface area contributed by atoms with Crippen LogP contribution in [0.2, 0.25) is 0 Å². The minimum absolute atomic E-state index is 0.677. The first-order valence-corrected chi connectivity index (χ1v) is 7.70. The Morgan fingerprint density at radius 2 is 1.76 bits per heavy atom. The molecule has 1 nitrogen and oxygen atoms in total. The molecule has 1 aromatic carbocycles. The predicted molar refractivity (Wildman–Crippen MR) is 79.6 cm³/mol. The maximum Gasteiger partial charge on any atom is 0.0187 e. The Morgan fingerprint density at radius 1 is 1.12 bits per heavy atom. The van der Waals surface area contributed by atoms with Crippen molar-refractivity contribution in [1.82, 2.24) is 5.32 Å². The van der Waals surface area contributed by atoms with E-state index in [-0.39, 0.29) is 0 Å². The molecule has 1 unspecified atom stereocenters. The summed E-state index contributed by atoms with van der Waals surface area (Å²) in [5.41, 5.74) is 1.42. The molecule has 0 amide bonds. The number of hydrogen-bond acceptors (Lipinski definition) is 2. The number of benzene rings is 1. The zero-order valence-corrected chi connectivity index (χ0v) is 12.1. The van der Waals surface area contributed by atoms with E-state index in [1.54, 1.807) is 0 Å². The van der Waals surface area contributed by atoms with E-state index >= 15 is 0 Å². The smallest absolute Gasteiger partial charge is 0.0187 e. The lowest BCUT2D eigenvalue weighted by Crippen LogP contribution is -2.32. The summed E-state index contributed by atoms with van der Waals surface area (Å²) in [4.78, 5) is 0. The first-order valence-electron chi connectivity index (χ1n) is 6.65. The molecule has 1 atom stereocenters. The van der Waals surface area contributed by atoms with Gasteiger partial charge in [0.2, 0.25) is 0 Å². The van der Waals surface area contributed by atoms with Gasteiger partial charge in [0.1, 0.15) is 0 Å². The van der Waals surface area contributed by atoms with Crippen molar-refractivity contribution >= 4 is 11.8 Å². The maximum atomic E-state index is 3.63. The number of rotatable bonds is 8. The summed E-state index contributed by atoms with van der Waals surface area (Å²) in [5, 5.41) is 4.31. The minimum atomic E-state index is 0.677. The molecule has 0 aliphatic rings. The highest BCUT2D eigenvalue weighted by Gasteiger charge is 2.06. The summed E-state index contributed by atoms with van der Waals surface area (Å²) in [7, 11) is 0. The highest BCUT2D eigenvalue weighted by Crippen LogP contribution is 2.17. The van der Waals surface area contributed by atoms with E-state index in [4.69, 9.17) is 0 Å². The summed E-state index contributed by atoms with van der Waals surface area (Å²) in [5.74, 6) is 1.12. The molecule has 0 aliphatic carbocycles. The molecule has 0 fully saturated rings. The third-order valence-electron chi connectivity index (χ3n) is 3.06. The van der Waals surface area contributed by atoms with Crippen molar-refractivity contribution in [2.24, 2.45) is 0 Å². The van der Waals surface area contributed by atoms with Crippen LogP contribution in [0.4, 0.5) is 0 Å². The van der Waals surface area contributed by atoms with Crippen LogP contribution in [0.3, 0.4) is 0 Å². The van der Waals surface area contributed by atoms with Crippen molar-refractivity contribution in [3.63, 3.8) is 0 Å². The van der Waals surface area contributed by atoms with Gasteiger partial charge in [-0.1, -0.05) is 51.1 Å². The number of thioether (sulfide) groups is 1. The molecule has 1 N–H and O–H groups in total. The van der Waals surface area contributed by atoms with Crippen molar-refractivity contribution in [2.75, 3.05) is 6.54 Å². The van der Waals surface area contributed by atoms with Crippen LogP contribution in [0.15, 0.2) is 30.3 Å². The fraction of sp³-hybridized carbons (Fsp3) is 0.600. The maximum absolute atomic E-state index is 3.63. The predicted octanol–water partition coefficient (Wildman–Crippen LogP) is 4.09. The second-order valence-corrected chi connectivity index (χ2v) is 5.96. The first kappa shape index (κ1) is 14.6. The standard InChI is InChI=1S/C15H25NS/c1-4-15(5-2)16-11-13(3)17-12-14-9-7-6-8-10-14/h6-10,13,15-16H,4-5,11-12H2,1-3H3. The van der Waals surface area contributed by atoms with Gasteiger partial charge >= 0.3 is 0 Å². The molecule has 0 saturated carbocycles. The van der Waals surface area contributed by atoms with Gasteiger partial charge < -0.3 is 5.32 Å². The van der Waals surface area contributed by atoms with Crippen LogP contribution in [-0.4, -0.2) is 17.8 Å². The normalized spacial score (nSPS) is 12.9. The zero-order valence-electron chi connectivity index (χ0n) is 11.3. The summed E-state index contributed by atoms with van der Waals surface area (Å²) >= 11 is 2.03. The van der Waals surface area contributed by atoms with Gasteiger partial charge in [-0.3, -0.25) is 0 Å². The highest BCUT2D eigenvalue weighted by atomic mass is 32.2. The average Bonchev–Trinajstić information content (AvgIpc) is 2.39. The molecular formula is C15H25NS. The molecular weight excluding hydrogens is 226 g/mol. The van der Waals surface area contributed by atoms with Gasteiger partial charge in [-0.25, -0.2) is 0 Å². The molecule has 96 valence electrons. The van der Waals surface area contributed by atoms with E-state index < -0.39 is 0 Å². The van der Waals surface area contributed by atoms with Crippen LogP contribution in [0.5, 0.6) is 0 Å².